The van der Waals surface area contributed by atoms with Crippen molar-refractivity contribution in [1.29, 1.82) is 0 Å². The van der Waals surface area contributed by atoms with Gasteiger partial charge in [0.05, 0.1) is 64.5 Å². The number of aliphatic hydroxyl groups excluding tert-OH is 23. The van der Waals surface area contributed by atoms with Crippen LogP contribution in [0.15, 0.2) is 0 Å². The summed E-state index contributed by atoms with van der Waals surface area (Å²) in [5.74, 6) is -7.83. The van der Waals surface area contributed by atoms with Crippen LogP contribution in [0.2, 0.25) is 0 Å². The molecule has 8 aliphatic rings. The molecule has 0 aromatic rings. The summed E-state index contributed by atoms with van der Waals surface area (Å²) < 4.78 is 87.8. The van der Waals surface area contributed by atoms with Crippen molar-refractivity contribution in [2.24, 2.45) is 0 Å². The molecule has 0 aliphatic carbocycles. The van der Waals surface area contributed by atoms with Gasteiger partial charge in [-0.3, -0.25) is 14.4 Å². The normalized spacial score (nSPS) is 48.3. The van der Waals surface area contributed by atoms with Crippen LogP contribution in [0.3, 0.4) is 0 Å². The maximum absolute atomic E-state index is 13.2. The van der Waals surface area contributed by atoms with Gasteiger partial charge in [-0.1, -0.05) is 0 Å². The van der Waals surface area contributed by atoms with Gasteiger partial charge in [0.2, 0.25) is 17.7 Å². The molecule has 0 saturated carbocycles. The third kappa shape index (κ3) is 18.6. The van der Waals surface area contributed by atoms with Crippen LogP contribution in [-0.2, 0) is 90.2 Å². The molecule has 46 nitrogen and oxygen atoms in total. The van der Waals surface area contributed by atoms with Crippen molar-refractivity contribution in [1.82, 2.24) is 16.0 Å². The number of carbonyl (C=O) groups is 4. The average molecular weight is 1510 g/mol. The van der Waals surface area contributed by atoms with Gasteiger partial charge in [-0.2, -0.15) is 0 Å². The molecule has 46 heteroatoms. The number of amides is 3. The second kappa shape index (κ2) is 36.3. The third-order valence-corrected chi connectivity index (χ3v) is 18.8. The molecule has 0 bridgehead atoms. The van der Waals surface area contributed by atoms with Gasteiger partial charge in [0.15, 0.2) is 44.0 Å². The number of nitrogens with one attached hydrogen (secondary N) is 3. The minimum Gasteiger partial charge on any atom is -0.477 e. The molecule has 596 valence electrons. The van der Waals surface area contributed by atoms with Crippen LogP contribution >= 0.6 is 0 Å². The fourth-order valence-electron chi connectivity index (χ4n) is 13.1. The highest BCUT2D eigenvalue weighted by molar-refractivity contribution is 5.77. The zero-order chi connectivity index (χ0) is 76.3. The molecule has 0 radical (unpaired) electrons. The predicted octanol–water partition coefficient (Wildman–Crippen LogP) is -17.8. The van der Waals surface area contributed by atoms with Crippen LogP contribution < -0.4 is 16.0 Å². The summed E-state index contributed by atoms with van der Waals surface area (Å²) in [7, 11) is 0. The lowest BCUT2D eigenvalue weighted by molar-refractivity contribution is -0.388. The van der Waals surface area contributed by atoms with E-state index in [9.17, 15) is 142 Å². The van der Waals surface area contributed by atoms with E-state index < -0.39 is 327 Å². The molecular weight excluding hydrogens is 1410 g/mol. The Labute approximate surface area is 582 Å². The summed E-state index contributed by atoms with van der Waals surface area (Å²) in [6.07, 6.45) is -77.4. The number of rotatable bonds is 27. The molecule has 8 rings (SSSR count). The molecule has 3 amide bonds. The summed E-state index contributed by atoms with van der Waals surface area (Å²) in [6.45, 7) is -3.70. The zero-order valence-electron chi connectivity index (χ0n) is 55.2. The fourth-order valence-corrected chi connectivity index (χ4v) is 13.1. The summed E-state index contributed by atoms with van der Waals surface area (Å²) in [6, 6.07) is -5.53. The van der Waals surface area contributed by atoms with Gasteiger partial charge in [-0.25, -0.2) is 4.79 Å². The summed E-state index contributed by atoms with van der Waals surface area (Å²) in [5.41, 5.74) is 0. The van der Waals surface area contributed by atoms with Gasteiger partial charge < -0.3 is 210 Å². The number of carboxylic acid groups (broad SMARTS) is 1. The number of aliphatic hydroxyl groups is 23. The van der Waals surface area contributed by atoms with Gasteiger partial charge in [0.1, 0.15) is 183 Å². The van der Waals surface area contributed by atoms with Gasteiger partial charge >= 0.3 is 5.97 Å². The first-order chi connectivity index (χ1) is 48.5. The van der Waals surface area contributed by atoms with Crippen LogP contribution in [-0.4, -0.2) is 444 Å². The molecule has 41 atom stereocenters. The molecule has 103 heavy (non-hydrogen) atoms. The highest BCUT2D eigenvalue weighted by Crippen LogP contribution is 2.40. The Bertz CT molecular complexity index is 2720. The molecule has 8 aliphatic heterocycles. The van der Waals surface area contributed by atoms with Gasteiger partial charge in [-0.05, 0) is 6.92 Å². The molecular formula is C57H95N3O43. The quantitative estimate of drug-likeness (QED) is 0.0363. The molecule has 0 unspecified atom stereocenters. The third-order valence-electron chi connectivity index (χ3n) is 18.8. The molecule has 0 spiro atoms. The summed E-state index contributed by atoms with van der Waals surface area (Å²) >= 11 is 0. The largest absolute Gasteiger partial charge is 0.477 e. The smallest absolute Gasteiger partial charge is 0.364 e. The SMILES string of the molecule is CC(=O)N[C@H]1[C@H](O[C@H]2[C@@H](O)[C@@H](CO[C@@H]3O[C@H](CO)[C@@H](O[C@@H]4O[C@H](CO)[C@H](O)[C@H](O)[C@H]4O)[C@H](O[C@@H]4O[C@@H](C)[C@@H](O)[C@@H](O)[C@@H]4O)[C@H]3NC(C)=O)O[C@@H](O[C@H]3[C@H](O)[C@@H](O)[C@H](O)O[C@@H]3CO)[C@@H]2O)O[C@H](CO)[C@@H](O[C@@H]2O[C@H](CO[C@@]3(C(=O)O)C[C@H](O)[C@@H](NC(C)=O)[C@H]([C@H](O)[C@H](O)CO)O3)[C@H](O)[C@H](O)[C@H]2O)[C@@H]1O. The molecule has 0 aromatic heterocycles. The van der Waals surface area contributed by atoms with Crippen molar-refractivity contribution in [3.05, 3.63) is 0 Å². The lowest BCUT2D eigenvalue weighted by Gasteiger charge is -2.51. The summed E-state index contributed by atoms with van der Waals surface area (Å²) in [5, 5.41) is 269. The molecule has 8 saturated heterocycles. The van der Waals surface area contributed by atoms with E-state index >= 15 is 0 Å². The number of hydrogen-bond donors (Lipinski definition) is 27. The Morgan fingerprint density at radius 1 is 0.417 bits per heavy atom. The lowest BCUT2D eigenvalue weighted by Crippen LogP contribution is -2.70. The van der Waals surface area contributed by atoms with E-state index in [1.807, 2.05) is 0 Å². The van der Waals surface area contributed by atoms with E-state index in [1.54, 1.807) is 0 Å². The minimum atomic E-state index is -3.06. The number of carboxylic acids is 1. The lowest BCUT2D eigenvalue weighted by atomic mass is 9.88. The van der Waals surface area contributed by atoms with Crippen molar-refractivity contribution in [3.8, 4) is 0 Å². The Morgan fingerprint density at radius 2 is 0.845 bits per heavy atom. The van der Waals surface area contributed by atoms with Crippen molar-refractivity contribution >= 4 is 23.7 Å². The first-order valence-corrected chi connectivity index (χ1v) is 32.6. The van der Waals surface area contributed by atoms with Gasteiger partial charge in [-0.15, -0.1) is 0 Å². The zero-order valence-corrected chi connectivity index (χ0v) is 55.2. The van der Waals surface area contributed by atoms with Crippen molar-refractivity contribution in [3.63, 3.8) is 0 Å². The van der Waals surface area contributed by atoms with E-state index in [0.29, 0.717) is 0 Å². The fraction of sp³-hybridized carbons (Fsp3) is 0.930. The molecule has 8 heterocycles. The second-order valence-electron chi connectivity index (χ2n) is 26.1. The maximum Gasteiger partial charge on any atom is 0.364 e. The Morgan fingerprint density at radius 3 is 1.39 bits per heavy atom. The van der Waals surface area contributed by atoms with Crippen LogP contribution in [0.4, 0.5) is 0 Å². The number of ether oxygens (including phenoxy) is 15. The standard InChI is InChI=1S/C57H95N3O43/c1-13-28(71)34(77)39(82)52(91-13)101-47-27(60-16(4)68)50(94-22(10-65)45(47)100-53-40(83)35(78)30(73)19(7-62)93-53)89-11-23-32(75)48(42(85)55(96-23)99-44-20(8-63)92-49(86)38(81)37(44)80)102-51-26(59-15(3)67)33(76)43(21(9-64)95-51)98-54-41(84)36(79)31(74)24(97-54)12-90-57(56(87)88)5-17(69)25(58-14(2)66)46(103-57)29(72)18(70)6-61/h13,17-55,61-65,69-86H,5-12H2,1-4H3,(H,58,66)(H,59,67)(H,60,68)(H,87,88)/t13-,17-,18+,19+,20+,21+,22+,23+,24+,25+,26+,27+,28+,29+,30-,31-,32-,33+,34+,35-,36-,37+,38+,39-,40+,41+,42+,43+,44+,45+,46+,47+,48-,49+,50+,51-,52-,53-,54-,55-,57-/m0/s1. The molecule has 8 fully saturated rings. The van der Waals surface area contributed by atoms with Crippen molar-refractivity contribution in [2.75, 3.05) is 46.2 Å². The Balaban J connectivity index is 1.08. The summed E-state index contributed by atoms with van der Waals surface area (Å²) in [4.78, 5) is 51.3. The molecule has 27 N–H and O–H groups in total. The highest BCUT2D eigenvalue weighted by Gasteiger charge is 2.61. The number of hydrogen-bond acceptors (Lipinski definition) is 42. The second-order valence-corrected chi connectivity index (χ2v) is 26.1. The van der Waals surface area contributed by atoms with Gasteiger partial charge in [0.25, 0.3) is 5.79 Å². The van der Waals surface area contributed by atoms with E-state index in [4.69, 9.17) is 71.1 Å². The van der Waals surface area contributed by atoms with E-state index in [-0.39, 0.29) is 0 Å². The highest BCUT2D eigenvalue weighted by atomic mass is 16.8. The average Bonchev–Trinajstić information content (AvgIpc) is 0.774. The van der Waals surface area contributed by atoms with Crippen LogP contribution in [0.5, 0.6) is 0 Å². The topological polar surface area (TPSA) is 728 Å². The van der Waals surface area contributed by atoms with Gasteiger partial charge in [0, 0.05) is 27.2 Å². The van der Waals surface area contributed by atoms with E-state index in [0.717, 1.165) is 20.8 Å². The first-order valence-electron chi connectivity index (χ1n) is 32.6. The maximum atomic E-state index is 13.2. The van der Waals surface area contributed by atoms with E-state index in [2.05, 4.69) is 16.0 Å². The monoisotopic (exact) mass is 1510 g/mol. The van der Waals surface area contributed by atoms with Crippen LogP contribution in [0.1, 0.15) is 34.1 Å². The van der Waals surface area contributed by atoms with E-state index in [1.165, 1.54) is 6.92 Å². The Hall–Kier alpha value is -3.64. The number of carbonyl (C=O) groups excluding carboxylic acids is 3. The predicted molar refractivity (Wildman–Crippen MR) is 315 cm³/mol. The minimum absolute atomic E-state index is 0.824. The Kier molecular flexibility index (Phi) is 29.9. The number of aliphatic carboxylic acids is 1. The first kappa shape index (κ1) is 85.0. The van der Waals surface area contributed by atoms with Crippen LogP contribution in [0.25, 0.3) is 0 Å². The van der Waals surface area contributed by atoms with Crippen molar-refractivity contribution in [2.45, 2.75) is 285 Å². The van der Waals surface area contributed by atoms with Crippen molar-refractivity contribution < 1.29 is 213 Å². The molecule has 0 aromatic carbocycles. The van der Waals surface area contributed by atoms with Crippen LogP contribution in [0, 0.1) is 0 Å².